The molecular formula is C17H26N4O2. The second-order valence-electron chi connectivity index (χ2n) is 6.64. The van der Waals surface area contributed by atoms with E-state index >= 15 is 0 Å². The molecule has 6 nitrogen and oxygen atoms in total. The second-order valence-corrected chi connectivity index (χ2v) is 6.64. The van der Waals surface area contributed by atoms with Crippen molar-refractivity contribution in [3.05, 3.63) is 18.1 Å². The van der Waals surface area contributed by atoms with Crippen LogP contribution in [0.15, 0.2) is 12.4 Å². The van der Waals surface area contributed by atoms with E-state index in [4.69, 9.17) is 4.74 Å². The first-order valence-corrected chi connectivity index (χ1v) is 8.53. The van der Waals surface area contributed by atoms with Crippen molar-refractivity contribution in [1.82, 2.24) is 15.3 Å². The summed E-state index contributed by atoms with van der Waals surface area (Å²) >= 11 is 0. The first kappa shape index (κ1) is 16.2. The maximum absolute atomic E-state index is 12.3. The van der Waals surface area contributed by atoms with Crippen molar-refractivity contribution < 1.29 is 9.53 Å². The first-order valence-electron chi connectivity index (χ1n) is 8.53. The monoisotopic (exact) mass is 318 g/mol. The Bertz CT molecular complexity index is 545. The number of hydrogen-bond donors (Lipinski definition) is 1. The molecular weight excluding hydrogens is 292 g/mol. The third-order valence-corrected chi connectivity index (χ3v) is 5.03. The number of carbonyl (C=O) groups is 1. The minimum Gasteiger partial charge on any atom is -0.380 e. The van der Waals surface area contributed by atoms with E-state index in [9.17, 15) is 4.79 Å². The van der Waals surface area contributed by atoms with Crippen LogP contribution in [0.4, 0.5) is 5.82 Å². The summed E-state index contributed by atoms with van der Waals surface area (Å²) in [7, 11) is 1.74. The van der Waals surface area contributed by atoms with E-state index in [0.29, 0.717) is 6.54 Å². The van der Waals surface area contributed by atoms with E-state index in [-0.39, 0.29) is 24.0 Å². The number of anilines is 1. The molecule has 3 rings (SSSR count). The van der Waals surface area contributed by atoms with Crippen LogP contribution in [0.1, 0.15) is 37.8 Å². The molecule has 1 N–H and O–H groups in total. The van der Waals surface area contributed by atoms with Crippen molar-refractivity contribution in [2.24, 2.45) is 5.92 Å². The fourth-order valence-electron chi connectivity index (χ4n) is 3.67. The lowest BCUT2D eigenvalue weighted by atomic mass is 10.1. The molecule has 1 saturated carbocycles. The minimum absolute atomic E-state index is 0.179. The molecule has 1 aromatic rings. The average molecular weight is 318 g/mol. The number of carbonyl (C=O) groups excluding carboxylic acids is 1. The Morgan fingerprint density at radius 2 is 2.17 bits per heavy atom. The molecule has 1 saturated heterocycles. The average Bonchev–Trinajstić information content (AvgIpc) is 3.22. The van der Waals surface area contributed by atoms with Crippen LogP contribution in [-0.4, -0.2) is 48.2 Å². The van der Waals surface area contributed by atoms with E-state index in [1.807, 2.05) is 13.0 Å². The van der Waals surface area contributed by atoms with Crippen molar-refractivity contribution in [3.8, 4) is 0 Å². The quantitative estimate of drug-likeness (QED) is 0.895. The van der Waals surface area contributed by atoms with Crippen LogP contribution in [-0.2, 0) is 9.53 Å². The van der Waals surface area contributed by atoms with Gasteiger partial charge in [-0.1, -0.05) is 12.8 Å². The van der Waals surface area contributed by atoms with Crippen molar-refractivity contribution in [2.75, 3.05) is 25.1 Å². The van der Waals surface area contributed by atoms with E-state index in [1.54, 1.807) is 13.4 Å². The Balaban J connectivity index is 1.64. The van der Waals surface area contributed by atoms with Gasteiger partial charge in [-0.2, -0.15) is 0 Å². The predicted octanol–water partition coefficient (Wildman–Crippen LogP) is 1.69. The molecule has 23 heavy (non-hydrogen) atoms. The molecule has 2 atom stereocenters. The third-order valence-electron chi connectivity index (χ3n) is 5.03. The summed E-state index contributed by atoms with van der Waals surface area (Å²) < 4.78 is 5.53. The fourth-order valence-corrected chi connectivity index (χ4v) is 3.67. The Kier molecular flexibility index (Phi) is 5.10. The number of aromatic nitrogens is 2. The Morgan fingerprint density at radius 3 is 2.87 bits per heavy atom. The highest BCUT2D eigenvalue weighted by atomic mass is 16.5. The number of ether oxygens (including phenoxy) is 1. The summed E-state index contributed by atoms with van der Waals surface area (Å²) in [6.45, 7) is 3.42. The Morgan fingerprint density at radius 1 is 1.39 bits per heavy atom. The molecule has 0 radical (unpaired) electrons. The van der Waals surface area contributed by atoms with Gasteiger partial charge in [-0.05, 0) is 26.2 Å². The summed E-state index contributed by atoms with van der Waals surface area (Å²) in [5.41, 5.74) is 0.949. The van der Waals surface area contributed by atoms with Crippen LogP contribution in [0.2, 0.25) is 0 Å². The maximum Gasteiger partial charge on any atom is 0.223 e. The van der Waals surface area contributed by atoms with Gasteiger partial charge in [0.05, 0.1) is 12.1 Å². The molecule has 0 spiro atoms. The first-order chi connectivity index (χ1) is 11.2. The number of hydrogen-bond acceptors (Lipinski definition) is 5. The van der Waals surface area contributed by atoms with Crippen LogP contribution in [0.25, 0.3) is 0 Å². The molecule has 1 aliphatic carbocycles. The summed E-state index contributed by atoms with van der Waals surface area (Å²) in [5, 5.41) is 3.15. The van der Waals surface area contributed by atoms with E-state index in [1.165, 1.54) is 12.8 Å². The van der Waals surface area contributed by atoms with Crippen LogP contribution < -0.4 is 10.2 Å². The molecule has 2 fully saturated rings. The van der Waals surface area contributed by atoms with Crippen molar-refractivity contribution >= 4 is 11.7 Å². The maximum atomic E-state index is 12.3. The van der Waals surface area contributed by atoms with Gasteiger partial charge in [0.1, 0.15) is 12.1 Å². The molecule has 6 heteroatoms. The SMILES string of the molecule is CO[C@H]1C[C@@H](CNC(=O)C2CCCC2)N(c2cc(C)ncn2)C1. The van der Waals surface area contributed by atoms with Crippen molar-refractivity contribution in [1.29, 1.82) is 0 Å². The van der Waals surface area contributed by atoms with E-state index in [2.05, 4.69) is 20.2 Å². The number of rotatable bonds is 5. The van der Waals surface area contributed by atoms with Gasteiger partial charge in [0.2, 0.25) is 5.91 Å². The Hall–Kier alpha value is -1.69. The van der Waals surface area contributed by atoms with Crippen molar-refractivity contribution in [2.45, 2.75) is 51.2 Å². The number of methoxy groups -OCH3 is 1. The molecule has 1 aliphatic heterocycles. The van der Waals surface area contributed by atoms with Gasteiger partial charge in [-0.3, -0.25) is 4.79 Å². The standard InChI is InChI=1S/C17H26N4O2/c1-12-7-16(20-11-19-12)21-10-15(23-2)8-14(21)9-18-17(22)13-5-3-4-6-13/h7,11,13-15H,3-6,8-10H2,1-2H3,(H,18,22)/t14-,15-/m0/s1. The highest BCUT2D eigenvalue weighted by Crippen LogP contribution is 2.27. The van der Waals surface area contributed by atoms with Gasteiger partial charge in [0.15, 0.2) is 0 Å². The molecule has 1 aromatic heterocycles. The highest BCUT2D eigenvalue weighted by molar-refractivity contribution is 5.78. The number of nitrogens with zero attached hydrogens (tertiary/aromatic N) is 3. The van der Waals surface area contributed by atoms with Gasteiger partial charge >= 0.3 is 0 Å². The molecule has 2 aliphatic rings. The van der Waals surface area contributed by atoms with E-state index in [0.717, 1.165) is 37.3 Å². The number of aryl methyl sites for hydroxylation is 1. The summed E-state index contributed by atoms with van der Waals surface area (Å²) in [6.07, 6.45) is 7.11. The van der Waals surface area contributed by atoms with Gasteiger partial charge in [0.25, 0.3) is 0 Å². The molecule has 0 aromatic carbocycles. The zero-order valence-electron chi connectivity index (χ0n) is 14.0. The molecule has 0 bridgehead atoms. The normalized spacial score (nSPS) is 25.0. The summed E-state index contributed by atoms with van der Waals surface area (Å²) in [4.78, 5) is 23.1. The van der Waals surface area contributed by atoms with Gasteiger partial charge in [-0.15, -0.1) is 0 Å². The topological polar surface area (TPSA) is 67.3 Å². The highest BCUT2D eigenvalue weighted by Gasteiger charge is 2.34. The minimum atomic E-state index is 0.179. The summed E-state index contributed by atoms with van der Waals surface area (Å²) in [5.74, 6) is 1.34. The van der Waals surface area contributed by atoms with Gasteiger partial charge in [0, 0.05) is 37.9 Å². The van der Waals surface area contributed by atoms with Crippen LogP contribution in [0.3, 0.4) is 0 Å². The van der Waals surface area contributed by atoms with Gasteiger partial charge in [-0.25, -0.2) is 9.97 Å². The van der Waals surface area contributed by atoms with Gasteiger partial charge < -0.3 is 15.0 Å². The zero-order valence-corrected chi connectivity index (χ0v) is 14.0. The van der Waals surface area contributed by atoms with Crippen LogP contribution >= 0.6 is 0 Å². The lowest BCUT2D eigenvalue weighted by molar-refractivity contribution is -0.124. The lowest BCUT2D eigenvalue weighted by Gasteiger charge is -2.26. The molecule has 0 unspecified atom stereocenters. The number of nitrogens with one attached hydrogen (secondary N) is 1. The van der Waals surface area contributed by atoms with Crippen LogP contribution in [0.5, 0.6) is 0 Å². The predicted molar refractivity (Wildman–Crippen MR) is 88.3 cm³/mol. The smallest absolute Gasteiger partial charge is 0.223 e. The van der Waals surface area contributed by atoms with E-state index < -0.39 is 0 Å². The summed E-state index contributed by atoms with van der Waals surface area (Å²) in [6, 6.07) is 2.21. The molecule has 126 valence electrons. The van der Waals surface area contributed by atoms with Crippen molar-refractivity contribution in [3.63, 3.8) is 0 Å². The largest absolute Gasteiger partial charge is 0.380 e. The molecule has 2 heterocycles. The third kappa shape index (κ3) is 3.80. The number of amides is 1. The van der Waals surface area contributed by atoms with Crippen LogP contribution in [0, 0.1) is 12.8 Å². The lowest BCUT2D eigenvalue weighted by Crippen LogP contribution is -2.42. The Labute approximate surface area is 137 Å². The second kappa shape index (κ2) is 7.25. The fraction of sp³-hybridized carbons (Fsp3) is 0.706. The zero-order chi connectivity index (χ0) is 16.2. The molecule has 1 amide bonds.